The lowest BCUT2D eigenvalue weighted by molar-refractivity contribution is -0.133. The van der Waals surface area contributed by atoms with Gasteiger partial charge in [-0.05, 0) is 62.1 Å². The van der Waals surface area contributed by atoms with Crippen LogP contribution in [0, 0.1) is 0 Å². The van der Waals surface area contributed by atoms with E-state index in [1.807, 2.05) is 11.8 Å². The molecule has 4 atom stereocenters. The molecule has 5 amide bonds. The van der Waals surface area contributed by atoms with E-state index in [9.17, 15) is 29.1 Å². The van der Waals surface area contributed by atoms with Crippen LogP contribution in [0.3, 0.4) is 0 Å². The van der Waals surface area contributed by atoms with Crippen molar-refractivity contribution >= 4 is 75.9 Å². The van der Waals surface area contributed by atoms with Gasteiger partial charge in [0.05, 0.1) is 29.2 Å². The average Bonchev–Trinajstić information content (AvgIpc) is 3.69. The smallest absolute Gasteiger partial charge is 0.315 e. The Hall–Kier alpha value is -3.32. The van der Waals surface area contributed by atoms with Crippen molar-refractivity contribution in [2.75, 3.05) is 29.6 Å². The van der Waals surface area contributed by atoms with Crippen LogP contribution in [-0.2, 0) is 20.0 Å². The van der Waals surface area contributed by atoms with Crippen molar-refractivity contribution in [3.8, 4) is 0 Å². The molecule has 0 saturated carbocycles. The van der Waals surface area contributed by atoms with Gasteiger partial charge in [-0.1, -0.05) is 36.0 Å². The summed E-state index contributed by atoms with van der Waals surface area (Å²) >= 11 is 14.3. The number of urea groups is 1. The number of amides is 5. The Bertz CT molecular complexity index is 1540. The highest BCUT2D eigenvalue weighted by Gasteiger charge is 2.49. The number of halogens is 2. The highest BCUT2D eigenvalue weighted by atomic mass is 35.5. The van der Waals surface area contributed by atoms with Crippen LogP contribution in [0.5, 0.6) is 0 Å². The summed E-state index contributed by atoms with van der Waals surface area (Å²) < 4.78 is 0. The zero-order valence-corrected chi connectivity index (χ0v) is 28.4. The summed E-state index contributed by atoms with van der Waals surface area (Å²) in [6.45, 7) is 0.569. The van der Waals surface area contributed by atoms with E-state index >= 15 is 0 Å². The van der Waals surface area contributed by atoms with Gasteiger partial charge in [0, 0.05) is 59.3 Å². The molecule has 47 heavy (non-hydrogen) atoms. The van der Waals surface area contributed by atoms with Crippen molar-refractivity contribution in [2.45, 2.75) is 80.7 Å². The zero-order valence-electron chi connectivity index (χ0n) is 26.1. The van der Waals surface area contributed by atoms with E-state index in [0.717, 1.165) is 37.9 Å². The maximum absolute atomic E-state index is 13.1. The summed E-state index contributed by atoms with van der Waals surface area (Å²) in [5.41, 5.74) is -1.01. The van der Waals surface area contributed by atoms with Crippen LogP contribution in [0.15, 0.2) is 36.4 Å². The minimum absolute atomic E-state index is 0.0363. The zero-order chi connectivity index (χ0) is 33.7. The van der Waals surface area contributed by atoms with Crippen LogP contribution in [0.1, 0.15) is 73.7 Å². The number of carbonyl (C=O) groups excluding carboxylic acids is 5. The van der Waals surface area contributed by atoms with Crippen LogP contribution in [0.25, 0.3) is 0 Å². The quantitative estimate of drug-likeness (QED) is 0.102. The minimum atomic E-state index is -2.16. The molecule has 0 spiro atoms. The second kappa shape index (κ2) is 15.3. The maximum Gasteiger partial charge on any atom is 0.315 e. The summed E-state index contributed by atoms with van der Waals surface area (Å²) in [6.07, 6.45) is 5.29. The molecular formula is C33H39Cl2N5O6S. The number of nitrogens with zero attached hydrogens (tertiary/aromatic N) is 1. The normalized spacial score (nSPS) is 22.6. The Morgan fingerprint density at radius 3 is 2.47 bits per heavy atom. The van der Waals surface area contributed by atoms with Gasteiger partial charge >= 0.3 is 6.03 Å². The number of aliphatic hydroxyl groups is 1. The Kier molecular flexibility index (Phi) is 11.4. The number of benzene rings is 2. The lowest BCUT2D eigenvalue weighted by Crippen LogP contribution is -2.36. The highest BCUT2D eigenvalue weighted by molar-refractivity contribution is 8.00. The number of ketones is 1. The topological polar surface area (TPSA) is 157 Å². The van der Waals surface area contributed by atoms with Gasteiger partial charge in [0.25, 0.3) is 5.91 Å². The molecule has 0 radical (unpaired) electrons. The van der Waals surface area contributed by atoms with Crippen molar-refractivity contribution in [3.05, 3.63) is 57.6 Å². The molecule has 252 valence electrons. The molecule has 3 heterocycles. The molecule has 0 aliphatic carbocycles. The third-order valence-corrected chi connectivity index (χ3v) is 11.1. The van der Waals surface area contributed by atoms with Crippen molar-refractivity contribution < 1.29 is 29.1 Å². The molecular weight excluding hydrogens is 665 g/mol. The van der Waals surface area contributed by atoms with Crippen LogP contribution in [0.2, 0.25) is 10.0 Å². The van der Waals surface area contributed by atoms with Gasteiger partial charge in [0.15, 0.2) is 11.4 Å². The first-order valence-electron chi connectivity index (χ1n) is 15.9. The molecule has 11 nitrogen and oxygen atoms in total. The van der Waals surface area contributed by atoms with Gasteiger partial charge in [0.1, 0.15) is 0 Å². The molecule has 3 aliphatic heterocycles. The van der Waals surface area contributed by atoms with Crippen molar-refractivity contribution in [1.29, 1.82) is 0 Å². The third kappa shape index (κ3) is 8.05. The third-order valence-electron chi connectivity index (χ3n) is 8.97. The molecule has 0 bridgehead atoms. The lowest BCUT2D eigenvalue weighted by atomic mass is 9.88. The van der Waals surface area contributed by atoms with Gasteiger partial charge < -0.3 is 31.3 Å². The van der Waals surface area contributed by atoms with Crippen molar-refractivity contribution in [3.63, 3.8) is 0 Å². The summed E-state index contributed by atoms with van der Waals surface area (Å²) in [6, 6.07) is 9.69. The van der Waals surface area contributed by atoms with Crippen molar-refractivity contribution in [1.82, 2.24) is 16.0 Å². The SMILES string of the molecule is CN(C(=O)CCCCCNC(=O)CCCC[C@H]1SCC2NC(=O)NC21)c1ccc(C(=O)CC2(O)C(=O)Nc3c(Cl)ccc(Cl)c32)cc1. The molecule has 0 aromatic heterocycles. The first-order chi connectivity index (χ1) is 22.5. The van der Waals surface area contributed by atoms with E-state index in [-0.39, 0.29) is 56.8 Å². The Balaban J connectivity index is 0.968. The molecule has 3 aliphatic rings. The molecule has 2 saturated heterocycles. The van der Waals surface area contributed by atoms with Crippen LogP contribution < -0.4 is 26.2 Å². The van der Waals surface area contributed by atoms with Gasteiger partial charge in [-0.3, -0.25) is 19.2 Å². The molecule has 3 unspecified atom stereocenters. The van der Waals surface area contributed by atoms with E-state index in [0.29, 0.717) is 36.7 Å². The van der Waals surface area contributed by atoms with Crippen LogP contribution in [-0.4, -0.2) is 71.3 Å². The molecule has 2 fully saturated rings. The van der Waals surface area contributed by atoms with Crippen LogP contribution in [0.4, 0.5) is 16.2 Å². The number of anilines is 2. The van der Waals surface area contributed by atoms with Gasteiger partial charge in [-0.25, -0.2) is 4.79 Å². The number of hydrogen-bond acceptors (Lipinski definition) is 7. The Morgan fingerprint density at radius 2 is 1.70 bits per heavy atom. The Labute approximate surface area is 287 Å². The monoisotopic (exact) mass is 703 g/mol. The van der Waals surface area contributed by atoms with E-state index < -0.39 is 23.7 Å². The molecule has 2 aromatic carbocycles. The second-order valence-corrected chi connectivity index (χ2v) is 14.3. The first-order valence-corrected chi connectivity index (χ1v) is 17.7. The molecule has 5 rings (SSSR count). The number of carbonyl (C=O) groups is 5. The summed E-state index contributed by atoms with van der Waals surface area (Å²) in [5.74, 6) is -0.352. The fourth-order valence-corrected chi connectivity index (χ4v) is 8.32. The number of rotatable bonds is 15. The van der Waals surface area contributed by atoms with Gasteiger partial charge in [0.2, 0.25) is 11.8 Å². The van der Waals surface area contributed by atoms with E-state index in [1.54, 1.807) is 31.3 Å². The largest absolute Gasteiger partial charge is 0.375 e. The number of Topliss-reactive ketones (excluding diaryl/α,β-unsaturated/α-hetero) is 1. The van der Waals surface area contributed by atoms with Crippen LogP contribution >= 0.6 is 35.0 Å². The standard InChI is InChI=1S/C33H39Cl2N5O6S/c1-40(20-12-10-19(11-13-20)24(41)17-33(46)28-21(34)14-15-22(35)29(28)38-31(33)44)27(43)9-3-2-6-16-36-26(42)8-5-4-7-25-30-23(18-47-25)37-32(45)39-30/h10-15,23,25,30,46H,2-9,16-18H2,1H3,(H,36,42)(H,38,44)(H2,37,39,45)/t23?,25-,30?,33?/m1/s1. The number of thioether (sulfide) groups is 1. The van der Waals surface area contributed by atoms with Crippen molar-refractivity contribution in [2.24, 2.45) is 0 Å². The minimum Gasteiger partial charge on any atom is -0.375 e. The number of hydrogen-bond donors (Lipinski definition) is 5. The van der Waals surface area contributed by atoms with Gasteiger partial charge in [-0.15, -0.1) is 0 Å². The summed E-state index contributed by atoms with van der Waals surface area (Å²) in [7, 11) is 1.66. The number of nitrogens with one attached hydrogen (secondary N) is 4. The second-order valence-electron chi connectivity index (χ2n) is 12.2. The number of unbranched alkanes of at least 4 members (excludes halogenated alkanes) is 3. The fraction of sp³-hybridized carbons (Fsp3) is 0.485. The molecule has 5 N–H and O–H groups in total. The fourth-order valence-electron chi connectivity index (χ4n) is 6.26. The van der Waals surface area contributed by atoms with E-state index in [4.69, 9.17) is 23.2 Å². The highest BCUT2D eigenvalue weighted by Crippen LogP contribution is 2.46. The molecule has 14 heteroatoms. The van der Waals surface area contributed by atoms with Gasteiger partial charge in [-0.2, -0.15) is 11.8 Å². The average molecular weight is 705 g/mol. The first kappa shape index (κ1) is 35.0. The van der Waals surface area contributed by atoms with E-state index in [2.05, 4.69) is 21.3 Å². The molecule has 2 aromatic rings. The maximum atomic E-state index is 13.1. The lowest BCUT2D eigenvalue weighted by Gasteiger charge is -2.21. The van der Waals surface area contributed by atoms with E-state index in [1.165, 1.54) is 17.0 Å². The summed E-state index contributed by atoms with van der Waals surface area (Å²) in [5, 5.41) is 23.3. The Morgan fingerprint density at radius 1 is 0.979 bits per heavy atom. The predicted molar refractivity (Wildman–Crippen MR) is 183 cm³/mol. The summed E-state index contributed by atoms with van der Waals surface area (Å²) in [4.78, 5) is 63.7. The predicted octanol–water partition coefficient (Wildman–Crippen LogP) is 4.77. The number of fused-ring (bicyclic) bond motifs is 2.